The van der Waals surface area contributed by atoms with Crippen LogP contribution in [-0.2, 0) is 11.3 Å². The van der Waals surface area contributed by atoms with Crippen LogP contribution in [0.3, 0.4) is 0 Å². The van der Waals surface area contributed by atoms with Crippen LogP contribution in [0.2, 0.25) is 0 Å². The van der Waals surface area contributed by atoms with Crippen molar-refractivity contribution in [2.45, 2.75) is 13.5 Å². The van der Waals surface area contributed by atoms with Crippen molar-refractivity contribution in [2.24, 2.45) is 0 Å². The lowest BCUT2D eigenvalue weighted by Crippen LogP contribution is -2.29. The summed E-state index contributed by atoms with van der Waals surface area (Å²) in [5.41, 5.74) is 0.366. The van der Waals surface area contributed by atoms with E-state index in [1.54, 1.807) is 52.3 Å². The zero-order valence-electron chi connectivity index (χ0n) is 15.7. The first-order chi connectivity index (χ1) is 12.7. The molecule has 0 saturated carbocycles. The fourth-order valence-electron chi connectivity index (χ4n) is 2.38. The number of carbonyl (C=O) groups excluding carboxylic acids is 2. The normalized spacial score (nSPS) is 10.4. The van der Waals surface area contributed by atoms with E-state index in [9.17, 15) is 14.4 Å². The summed E-state index contributed by atoms with van der Waals surface area (Å²) in [6, 6.07) is 8.02. The van der Waals surface area contributed by atoms with Gasteiger partial charge in [-0.1, -0.05) is 12.1 Å². The van der Waals surface area contributed by atoms with Crippen LogP contribution in [0.1, 0.15) is 32.2 Å². The Kier molecular flexibility index (Phi) is 6.23. The maximum absolute atomic E-state index is 12.8. The number of nitrogens with zero attached hydrogens (tertiary/aromatic N) is 2. The van der Waals surface area contributed by atoms with Gasteiger partial charge in [0.25, 0.3) is 11.8 Å². The summed E-state index contributed by atoms with van der Waals surface area (Å²) in [7, 11) is 4.81. The Morgan fingerprint density at radius 3 is 2.37 bits per heavy atom. The van der Waals surface area contributed by atoms with Gasteiger partial charge in [0.2, 0.25) is 0 Å². The minimum Gasteiger partial charge on any atom is -0.483 e. The Morgan fingerprint density at radius 2 is 1.78 bits per heavy atom. The van der Waals surface area contributed by atoms with E-state index < -0.39 is 5.97 Å². The number of benzene rings is 1. The van der Waals surface area contributed by atoms with E-state index in [0.717, 1.165) is 0 Å². The maximum Gasteiger partial charge on any atom is 0.339 e. The number of hydrogen-bond acceptors (Lipinski definition) is 5. The summed E-state index contributed by atoms with van der Waals surface area (Å²) in [5, 5.41) is 9.09. The highest BCUT2D eigenvalue weighted by molar-refractivity contribution is 5.97. The monoisotopic (exact) mass is 374 g/mol. The van der Waals surface area contributed by atoms with E-state index in [4.69, 9.17) is 14.3 Å². The molecule has 2 amide bonds. The predicted octanol–water partition coefficient (Wildman–Crippen LogP) is 2.03. The van der Waals surface area contributed by atoms with Crippen molar-refractivity contribution in [2.75, 3.05) is 27.7 Å². The molecule has 0 fully saturated rings. The van der Waals surface area contributed by atoms with Crippen LogP contribution in [0, 0.1) is 6.92 Å². The number of carboxylic acids is 1. The lowest BCUT2D eigenvalue weighted by atomic mass is 10.1. The van der Waals surface area contributed by atoms with E-state index in [1.165, 1.54) is 15.9 Å². The number of hydrogen-bond donors (Lipinski definition) is 1. The van der Waals surface area contributed by atoms with E-state index >= 15 is 0 Å². The summed E-state index contributed by atoms with van der Waals surface area (Å²) < 4.78 is 10.9. The highest BCUT2D eigenvalue weighted by atomic mass is 16.5. The highest BCUT2D eigenvalue weighted by Gasteiger charge is 2.20. The van der Waals surface area contributed by atoms with Crippen LogP contribution in [-0.4, -0.2) is 60.4 Å². The van der Waals surface area contributed by atoms with Crippen molar-refractivity contribution in [1.29, 1.82) is 0 Å². The Hall–Kier alpha value is -3.29. The fraction of sp³-hybridized carbons (Fsp3) is 0.316. The molecule has 0 atom stereocenters. The van der Waals surface area contributed by atoms with Crippen molar-refractivity contribution < 1.29 is 28.6 Å². The molecule has 8 heteroatoms. The largest absolute Gasteiger partial charge is 0.483 e. The number of para-hydroxylation sites is 1. The van der Waals surface area contributed by atoms with Gasteiger partial charge in [-0.3, -0.25) is 9.59 Å². The first-order valence-corrected chi connectivity index (χ1v) is 8.20. The number of carboxylic acid groups (broad SMARTS) is 1. The van der Waals surface area contributed by atoms with Gasteiger partial charge in [-0.05, 0) is 25.1 Å². The molecule has 0 aliphatic carbocycles. The molecule has 1 N–H and O–H groups in total. The molecule has 0 unspecified atom stereocenters. The average Bonchev–Trinajstić information content (AvgIpc) is 2.99. The number of amides is 2. The minimum absolute atomic E-state index is 0.0665. The molecule has 2 aromatic rings. The summed E-state index contributed by atoms with van der Waals surface area (Å²) in [5.74, 6) is -0.704. The number of aryl methyl sites for hydroxylation is 1. The first kappa shape index (κ1) is 20.0. The van der Waals surface area contributed by atoms with Crippen LogP contribution in [0.25, 0.3) is 0 Å². The Morgan fingerprint density at radius 1 is 1.11 bits per heavy atom. The molecule has 0 bridgehead atoms. The summed E-state index contributed by atoms with van der Waals surface area (Å²) in [6.07, 6.45) is 0. The number of carbonyl (C=O) groups is 3. The Balaban J connectivity index is 2.13. The third kappa shape index (κ3) is 4.87. The average molecular weight is 374 g/mol. The van der Waals surface area contributed by atoms with Gasteiger partial charge in [-0.15, -0.1) is 0 Å². The Bertz CT molecular complexity index is 856. The standard InChI is InChI=1S/C19H22N2O6/c1-12-15(19(24)25)9-13(27-12)10-21(4)18(23)14-7-5-6-8-16(14)26-11-17(22)20(2)3/h5-9H,10-11H2,1-4H3,(H,24,25). The van der Waals surface area contributed by atoms with Crippen molar-refractivity contribution in [3.8, 4) is 5.75 Å². The molecule has 144 valence electrons. The molecule has 0 radical (unpaired) electrons. The second-order valence-corrected chi connectivity index (χ2v) is 6.22. The SMILES string of the molecule is Cc1oc(CN(C)C(=O)c2ccccc2OCC(=O)N(C)C)cc1C(=O)O. The molecule has 0 aliphatic rings. The molecule has 0 spiro atoms. The Labute approximate surface area is 156 Å². The van der Waals surface area contributed by atoms with Crippen LogP contribution in [0.5, 0.6) is 5.75 Å². The number of aromatic carboxylic acids is 1. The second-order valence-electron chi connectivity index (χ2n) is 6.22. The number of furan rings is 1. The maximum atomic E-state index is 12.8. The molecular formula is C19H22N2O6. The van der Waals surface area contributed by atoms with Crippen molar-refractivity contribution in [1.82, 2.24) is 9.80 Å². The molecule has 2 rings (SSSR count). The molecule has 1 heterocycles. The number of rotatable bonds is 7. The molecule has 27 heavy (non-hydrogen) atoms. The predicted molar refractivity (Wildman–Crippen MR) is 96.8 cm³/mol. The van der Waals surface area contributed by atoms with Gasteiger partial charge in [0.1, 0.15) is 22.8 Å². The zero-order chi connectivity index (χ0) is 20.1. The third-order valence-electron chi connectivity index (χ3n) is 3.91. The van der Waals surface area contributed by atoms with Gasteiger partial charge >= 0.3 is 5.97 Å². The lowest BCUT2D eigenvalue weighted by molar-refractivity contribution is -0.130. The zero-order valence-corrected chi connectivity index (χ0v) is 15.7. The van der Waals surface area contributed by atoms with Gasteiger partial charge in [0.15, 0.2) is 6.61 Å². The molecule has 8 nitrogen and oxygen atoms in total. The minimum atomic E-state index is -1.08. The van der Waals surface area contributed by atoms with Gasteiger partial charge in [0.05, 0.1) is 12.1 Å². The van der Waals surface area contributed by atoms with Gasteiger partial charge < -0.3 is 24.1 Å². The summed E-state index contributed by atoms with van der Waals surface area (Å²) >= 11 is 0. The lowest BCUT2D eigenvalue weighted by Gasteiger charge is -2.18. The molecule has 0 aliphatic heterocycles. The van der Waals surface area contributed by atoms with E-state index in [0.29, 0.717) is 17.1 Å². The van der Waals surface area contributed by atoms with Crippen LogP contribution in [0.15, 0.2) is 34.7 Å². The quantitative estimate of drug-likeness (QED) is 0.796. The molecule has 1 aromatic carbocycles. The summed E-state index contributed by atoms with van der Waals surface area (Å²) in [6.45, 7) is 1.47. The van der Waals surface area contributed by atoms with Gasteiger partial charge in [-0.25, -0.2) is 4.79 Å². The summed E-state index contributed by atoms with van der Waals surface area (Å²) in [4.78, 5) is 38.4. The number of ether oxygens (including phenoxy) is 1. The van der Waals surface area contributed by atoms with Gasteiger partial charge in [-0.2, -0.15) is 0 Å². The van der Waals surface area contributed by atoms with Crippen molar-refractivity contribution in [3.63, 3.8) is 0 Å². The topological polar surface area (TPSA) is 100 Å². The van der Waals surface area contributed by atoms with Crippen LogP contribution >= 0.6 is 0 Å². The van der Waals surface area contributed by atoms with Crippen molar-refractivity contribution >= 4 is 17.8 Å². The molecular weight excluding hydrogens is 352 g/mol. The second kappa shape index (κ2) is 8.39. The fourth-order valence-corrected chi connectivity index (χ4v) is 2.38. The third-order valence-corrected chi connectivity index (χ3v) is 3.91. The first-order valence-electron chi connectivity index (χ1n) is 8.20. The van der Waals surface area contributed by atoms with E-state index in [-0.39, 0.29) is 36.3 Å². The highest BCUT2D eigenvalue weighted by Crippen LogP contribution is 2.22. The molecule has 1 aromatic heterocycles. The van der Waals surface area contributed by atoms with Gasteiger partial charge in [0, 0.05) is 21.1 Å². The smallest absolute Gasteiger partial charge is 0.339 e. The van der Waals surface area contributed by atoms with E-state index in [2.05, 4.69) is 0 Å². The van der Waals surface area contributed by atoms with Crippen molar-refractivity contribution in [3.05, 3.63) is 53.0 Å². The van der Waals surface area contributed by atoms with E-state index in [1.807, 2.05) is 0 Å². The molecule has 0 saturated heterocycles. The number of likely N-dealkylation sites (N-methyl/N-ethyl adjacent to an activating group) is 1. The van der Waals surface area contributed by atoms with Crippen LogP contribution in [0.4, 0.5) is 0 Å². The van der Waals surface area contributed by atoms with Crippen LogP contribution < -0.4 is 4.74 Å².